The molecule has 0 radical (unpaired) electrons. The molecule has 1 amide bonds. The van der Waals surface area contributed by atoms with Gasteiger partial charge in [0.1, 0.15) is 11.6 Å². The molecular weight excluding hydrogens is 613 g/mol. The molecule has 5 nitrogen and oxygen atoms in total. The largest absolute Gasteiger partial charge is 0.507 e. The van der Waals surface area contributed by atoms with E-state index in [9.17, 15) is 14.3 Å². The first-order valence-electron chi connectivity index (χ1n) is 14.2. The lowest BCUT2D eigenvalue weighted by Crippen LogP contribution is -2.50. The van der Waals surface area contributed by atoms with E-state index in [0.29, 0.717) is 41.5 Å². The summed E-state index contributed by atoms with van der Waals surface area (Å²) in [5, 5.41) is 13.8. The monoisotopic (exact) mass is 645 g/mol. The van der Waals surface area contributed by atoms with E-state index in [2.05, 4.69) is 69.6 Å². The normalized spacial score (nSPS) is 14.4. The van der Waals surface area contributed by atoms with Gasteiger partial charge < -0.3 is 14.6 Å². The van der Waals surface area contributed by atoms with Crippen LogP contribution in [0.1, 0.15) is 35.5 Å². The van der Waals surface area contributed by atoms with Crippen molar-refractivity contribution in [2.45, 2.75) is 37.1 Å². The Labute approximate surface area is 258 Å². The molecule has 1 aliphatic heterocycles. The highest BCUT2D eigenvalue weighted by molar-refractivity contribution is 9.10. The standard InChI is InChI=1S/C34H33BrFN3O2S/c1-22(2)37-14-16-38(17-15-37)34(41)33-28-18-32(40)29(35)19-30(28)39(31(33)21-42-26-12-10-25(36)11-13-26)20-24-8-5-7-23-6-3-4-9-27(23)24/h3-13,18-19,22,40H,14-17,20-21H2,1-2H3. The Hall–Kier alpha value is -3.33. The van der Waals surface area contributed by atoms with Gasteiger partial charge in [0, 0.05) is 60.5 Å². The van der Waals surface area contributed by atoms with Gasteiger partial charge >= 0.3 is 0 Å². The molecule has 0 aliphatic carbocycles. The van der Waals surface area contributed by atoms with E-state index in [4.69, 9.17) is 0 Å². The first-order chi connectivity index (χ1) is 20.3. The van der Waals surface area contributed by atoms with Crippen LogP contribution in [0.25, 0.3) is 21.7 Å². The molecule has 1 fully saturated rings. The molecule has 2 heterocycles. The second-order valence-electron chi connectivity index (χ2n) is 11.0. The van der Waals surface area contributed by atoms with E-state index in [1.54, 1.807) is 30.0 Å². The number of phenols is 1. The number of nitrogens with zero attached hydrogens (tertiary/aromatic N) is 3. The molecule has 0 atom stereocenters. The molecule has 1 N–H and O–H groups in total. The van der Waals surface area contributed by atoms with Gasteiger partial charge in [-0.05, 0) is 82.5 Å². The van der Waals surface area contributed by atoms with E-state index >= 15 is 0 Å². The van der Waals surface area contributed by atoms with E-state index < -0.39 is 0 Å². The van der Waals surface area contributed by atoms with Gasteiger partial charge in [0.15, 0.2) is 0 Å². The lowest BCUT2D eigenvalue weighted by atomic mass is 10.0. The zero-order valence-corrected chi connectivity index (χ0v) is 26.1. The maximum Gasteiger partial charge on any atom is 0.256 e. The summed E-state index contributed by atoms with van der Waals surface area (Å²) < 4.78 is 16.5. The van der Waals surface area contributed by atoms with Gasteiger partial charge in [0.05, 0.1) is 15.6 Å². The number of aromatic hydroxyl groups is 1. The number of piperazine rings is 1. The van der Waals surface area contributed by atoms with Crippen molar-refractivity contribution in [1.82, 2.24) is 14.4 Å². The Bertz CT molecular complexity index is 1760. The highest BCUT2D eigenvalue weighted by atomic mass is 79.9. The van der Waals surface area contributed by atoms with Crippen molar-refractivity contribution in [3.05, 3.63) is 106 Å². The SMILES string of the molecule is CC(C)N1CCN(C(=O)c2c(CSc3ccc(F)cc3)n(Cc3cccc4ccccc34)c3cc(Br)c(O)cc23)CC1. The Balaban J connectivity index is 1.49. The molecular formula is C34H33BrFN3O2S. The average Bonchev–Trinajstić information content (AvgIpc) is 3.28. The molecule has 0 unspecified atom stereocenters. The Kier molecular flexibility index (Phi) is 8.30. The number of aromatic nitrogens is 1. The van der Waals surface area contributed by atoms with Gasteiger partial charge in [-0.3, -0.25) is 9.69 Å². The van der Waals surface area contributed by atoms with Gasteiger partial charge in [0.25, 0.3) is 5.91 Å². The minimum Gasteiger partial charge on any atom is -0.507 e. The fraction of sp³-hybridized carbons (Fsp3) is 0.265. The number of hydrogen-bond acceptors (Lipinski definition) is 4. The quantitative estimate of drug-likeness (QED) is 0.183. The Morgan fingerprint density at radius 1 is 0.952 bits per heavy atom. The summed E-state index contributed by atoms with van der Waals surface area (Å²) in [6.07, 6.45) is 0. The zero-order valence-electron chi connectivity index (χ0n) is 23.7. The minimum atomic E-state index is -0.277. The average molecular weight is 647 g/mol. The number of benzene rings is 4. The van der Waals surface area contributed by atoms with Crippen molar-refractivity contribution in [1.29, 1.82) is 0 Å². The third kappa shape index (κ3) is 5.68. The molecule has 216 valence electrons. The second kappa shape index (κ2) is 12.1. The van der Waals surface area contributed by atoms with Crippen molar-refractivity contribution >= 4 is 55.3 Å². The molecule has 1 aliphatic rings. The van der Waals surface area contributed by atoms with Crippen LogP contribution in [-0.4, -0.2) is 57.6 Å². The number of fused-ring (bicyclic) bond motifs is 2. The molecule has 42 heavy (non-hydrogen) atoms. The first kappa shape index (κ1) is 28.8. The predicted molar refractivity (Wildman–Crippen MR) is 173 cm³/mol. The van der Waals surface area contributed by atoms with Gasteiger partial charge in [-0.1, -0.05) is 42.5 Å². The number of carbonyl (C=O) groups excluding carboxylic acids is 1. The summed E-state index contributed by atoms with van der Waals surface area (Å²) in [7, 11) is 0. The van der Waals surface area contributed by atoms with Crippen LogP contribution in [0.3, 0.4) is 0 Å². The minimum absolute atomic E-state index is 0.0171. The molecule has 0 spiro atoms. The molecule has 0 saturated carbocycles. The fourth-order valence-electron chi connectivity index (χ4n) is 5.86. The topological polar surface area (TPSA) is 48.7 Å². The van der Waals surface area contributed by atoms with Crippen LogP contribution in [0.4, 0.5) is 4.39 Å². The zero-order chi connectivity index (χ0) is 29.4. The summed E-state index contributed by atoms with van der Waals surface area (Å²) >= 11 is 5.10. The van der Waals surface area contributed by atoms with Gasteiger partial charge in [-0.2, -0.15) is 0 Å². The van der Waals surface area contributed by atoms with E-state index in [1.807, 2.05) is 23.1 Å². The highest BCUT2D eigenvalue weighted by Crippen LogP contribution is 2.38. The maximum atomic E-state index is 14.4. The van der Waals surface area contributed by atoms with Gasteiger partial charge in [0.2, 0.25) is 0 Å². The number of thioether (sulfide) groups is 1. The Morgan fingerprint density at radius 3 is 2.40 bits per heavy atom. The number of phenolic OH excluding ortho intramolecular Hbond substituents is 1. The van der Waals surface area contributed by atoms with Gasteiger partial charge in [-0.15, -0.1) is 11.8 Å². The number of rotatable bonds is 7. The van der Waals surface area contributed by atoms with E-state index in [0.717, 1.165) is 50.9 Å². The molecule has 1 saturated heterocycles. The third-order valence-corrected chi connectivity index (χ3v) is 9.84. The smallest absolute Gasteiger partial charge is 0.256 e. The van der Waals surface area contributed by atoms with Crippen molar-refractivity contribution < 1.29 is 14.3 Å². The first-order valence-corrected chi connectivity index (χ1v) is 16.0. The van der Waals surface area contributed by atoms with Crippen molar-refractivity contribution in [2.24, 2.45) is 0 Å². The highest BCUT2D eigenvalue weighted by Gasteiger charge is 2.30. The summed E-state index contributed by atoms with van der Waals surface area (Å²) in [5.74, 6) is 0.315. The Morgan fingerprint density at radius 2 is 1.67 bits per heavy atom. The fourth-order valence-corrected chi connectivity index (χ4v) is 7.13. The number of hydrogen-bond donors (Lipinski definition) is 1. The van der Waals surface area contributed by atoms with Crippen LogP contribution in [0.5, 0.6) is 5.75 Å². The molecule has 8 heteroatoms. The summed E-state index contributed by atoms with van der Waals surface area (Å²) in [5.41, 5.74) is 3.54. The predicted octanol–water partition coefficient (Wildman–Crippen LogP) is 7.91. The molecule has 5 aromatic rings. The van der Waals surface area contributed by atoms with Crippen LogP contribution >= 0.6 is 27.7 Å². The molecule has 0 bridgehead atoms. The number of carbonyl (C=O) groups is 1. The van der Waals surface area contributed by atoms with Crippen molar-refractivity contribution in [3.8, 4) is 5.75 Å². The van der Waals surface area contributed by atoms with E-state index in [-0.39, 0.29) is 17.5 Å². The van der Waals surface area contributed by atoms with Crippen LogP contribution < -0.4 is 0 Å². The summed E-state index contributed by atoms with van der Waals surface area (Å²) in [6.45, 7) is 7.89. The van der Waals surface area contributed by atoms with E-state index in [1.165, 1.54) is 12.1 Å². The van der Waals surface area contributed by atoms with Crippen LogP contribution in [0.15, 0.2) is 88.2 Å². The van der Waals surface area contributed by atoms with Crippen LogP contribution in [0.2, 0.25) is 0 Å². The molecule has 1 aromatic heterocycles. The van der Waals surface area contributed by atoms with Crippen LogP contribution in [-0.2, 0) is 12.3 Å². The number of halogens is 2. The second-order valence-corrected chi connectivity index (χ2v) is 12.9. The summed E-state index contributed by atoms with van der Waals surface area (Å²) in [4.78, 5) is 19.6. The maximum absolute atomic E-state index is 14.4. The van der Waals surface area contributed by atoms with Crippen molar-refractivity contribution in [2.75, 3.05) is 26.2 Å². The summed E-state index contributed by atoms with van der Waals surface area (Å²) in [6, 6.07) is 25.2. The van der Waals surface area contributed by atoms with Crippen LogP contribution in [0, 0.1) is 5.82 Å². The lowest BCUT2D eigenvalue weighted by Gasteiger charge is -2.37. The third-order valence-electron chi connectivity index (χ3n) is 8.18. The molecule has 4 aromatic carbocycles. The van der Waals surface area contributed by atoms with Gasteiger partial charge in [-0.25, -0.2) is 4.39 Å². The van der Waals surface area contributed by atoms with Crippen molar-refractivity contribution in [3.63, 3.8) is 0 Å². The lowest BCUT2D eigenvalue weighted by molar-refractivity contribution is 0.0596. The molecule has 6 rings (SSSR count). The number of amides is 1.